The van der Waals surface area contributed by atoms with Crippen molar-refractivity contribution in [1.29, 1.82) is 5.26 Å². The smallest absolute Gasteiger partial charge is 0.433 e. The minimum atomic E-state index is -4.63. The van der Waals surface area contributed by atoms with Gasteiger partial charge in [-0.3, -0.25) is 0 Å². The number of aliphatic hydroxyl groups is 1. The van der Waals surface area contributed by atoms with Crippen LogP contribution in [0.1, 0.15) is 16.8 Å². The third-order valence-corrected chi connectivity index (χ3v) is 2.57. The number of nitriles is 1. The first kappa shape index (κ1) is 14.8. The summed E-state index contributed by atoms with van der Waals surface area (Å²) >= 11 is 0. The summed E-state index contributed by atoms with van der Waals surface area (Å²) in [6, 6.07) is 9.57. The third kappa shape index (κ3) is 3.49. The minimum Gasteiger partial charge on any atom is -0.438 e. The van der Waals surface area contributed by atoms with Gasteiger partial charge >= 0.3 is 6.18 Å². The highest BCUT2D eigenvalue weighted by atomic mass is 19.4. The van der Waals surface area contributed by atoms with Crippen LogP contribution < -0.4 is 4.74 Å². The van der Waals surface area contributed by atoms with Gasteiger partial charge in [-0.2, -0.15) is 18.4 Å². The maximum atomic E-state index is 12.6. The fourth-order valence-corrected chi connectivity index (χ4v) is 1.58. The molecule has 7 heteroatoms. The Morgan fingerprint density at radius 2 is 2.00 bits per heavy atom. The Morgan fingerprint density at radius 3 is 2.62 bits per heavy atom. The van der Waals surface area contributed by atoms with Crippen LogP contribution in [-0.2, 0) is 12.8 Å². The first-order chi connectivity index (χ1) is 9.94. The number of alkyl halides is 3. The van der Waals surface area contributed by atoms with E-state index in [0.717, 1.165) is 12.1 Å². The van der Waals surface area contributed by atoms with E-state index in [2.05, 4.69) is 4.98 Å². The van der Waals surface area contributed by atoms with Crippen molar-refractivity contribution in [2.24, 2.45) is 0 Å². The number of hydrogen-bond donors (Lipinski definition) is 1. The number of halogens is 3. The van der Waals surface area contributed by atoms with Crippen molar-refractivity contribution < 1.29 is 23.0 Å². The van der Waals surface area contributed by atoms with Crippen molar-refractivity contribution in [3.05, 3.63) is 53.2 Å². The molecule has 0 saturated heterocycles. The fourth-order valence-electron chi connectivity index (χ4n) is 1.58. The van der Waals surface area contributed by atoms with Crippen molar-refractivity contribution >= 4 is 0 Å². The number of benzene rings is 1. The summed E-state index contributed by atoms with van der Waals surface area (Å²) in [6.45, 7) is -0.238. The van der Waals surface area contributed by atoms with E-state index in [1.165, 1.54) is 12.1 Å². The second-order valence-electron chi connectivity index (χ2n) is 4.07. The molecule has 0 aliphatic rings. The standard InChI is InChI=1S/C14H9F3N2O2/c15-14(16,17)12-5-4-10(7-18)13(19-12)21-11-3-1-2-9(6-11)8-20/h1-6,20H,8H2. The van der Waals surface area contributed by atoms with Gasteiger partial charge in [0.15, 0.2) is 0 Å². The zero-order valence-electron chi connectivity index (χ0n) is 10.6. The molecule has 0 aliphatic carbocycles. The Hall–Kier alpha value is -2.59. The lowest BCUT2D eigenvalue weighted by molar-refractivity contribution is -0.141. The molecular formula is C14H9F3N2O2. The Labute approximate surface area is 118 Å². The van der Waals surface area contributed by atoms with Crippen molar-refractivity contribution in [1.82, 2.24) is 4.98 Å². The summed E-state index contributed by atoms with van der Waals surface area (Å²) in [7, 11) is 0. The SMILES string of the molecule is N#Cc1ccc(C(F)(F)F)nc1Oc1cccc(CO)c1. The molecule has 21 heavy (non-hydrogen) atoms. The highest BCUT2D eigenvalue weighted by Crippen LogP contribution is 2.31. The Bertz CT molecular complexity index is 693. The van der Waals surface area contributed by atoms with Crippen molar-refractivity contribution in [2.75, 3.05) is 0 Å². The molecule has 2 rings (SSSR count). The lowest BCUT2D eigenvalue weighted by Gasteiger charge is -2.10. The molecule has 0 fully saturated rings. The third-order valence-electron chi connectivity index (χ3n) is 2.57. The summed E-state index contributed by atoms with van der Waals surface area (Å²) in [4.78, 5) is 3.33. The van der Waals surface area contributed by atoms with Gasteiger partial charge in [-0.25, -0.2) is 4.98 Å². The monoisotopic (exact) mass is 294 g/mol. The fraction of sp³-hybridized carbons (Fsp3) is 0.143. The molecule has 2 aromatic rings. The zero-order chi connectivity index (χ0) is 15.5. The predicted octanol–water partition coefficient (Wildman–Crippen LogP) is 3.26. The lowest BCUT2D eigenvalue weighted by atomic mass is 10.2. The summed E-state index contributed by atoms with van der Waals surface area (Å²) in [6.07, 6.45) is -4.63. The molecule has 0 unspecified atom stereocenters. The molecule has 1 N–H and O–H groups in total. The molecule has 1 aromatic carbocycles. The van der Waals surface area contributed by atoms with Crippen LogP contribution >= 0.6 is 0 Å². The molecule has 0 aliphatic heterocycles. The number of hydrogen-bond acceptors (Lipinski definition) is 4. The second kappa shape index (κ2) is 5.81. The lowest BCUT2D eigenvalue weighted by Crippen LogP contribution is -2.09. The highest BCUT2D eigenvalue weighted by Gasteiger charge is 2.33. The van der Waals surface area contributed by atoms with E-state index >= 15 is 0 Å². The molecule has 1 aromatic heterocycles. The number of aliphatic hydroxyl groups excluding tert-OH is 1. The number of aromatic nitrogens is 1. The maximum absolute atomic E-state index is 12.6. The summed E-state index contributed by atoms with van der Waals surface area (Å²) in [5.41, 5.74) is -0.731. The first-order valence-electron chi connectivity index (χ1n) is 5.80. The van der Waals surface area contributed by atoms with Gasteiger partial charge in [-0.15, -0.1) is 0 Å². The Balaban J connectivity index is 2.40. The molecule has 0 bridgehead atoms. The van der Waals surface area contributed by atoms with E-state index in [0.29, 0.717) is 5.56 Å². The number of nitrogens with zero attached hydrogens (tertiary/aromatic N) is 2. The quantitative estimate of drug-likeness (QED) is 0.943. The van der Waals surface area contributed by atoms with E-state index in [9.17, 15) is 13.2 Å². The van der Waals surface area contributed by atoms with Gasteiger partial charge in [0.25, 0.3) is 0 Å². The van der Waals surface area contributed by atoms with Gasteiger partial charge in [0.1, 0.15) is 23.1 Å². The molecule has 0 radical (unpaired) electrons. The Morgan fingerprint density at radius 1 is 1.24 bits per heavy atom. The number of ether oxygens (including phenoxy) is 1. The van der Waals surface area contributed by atoms with E-state index in [-0.39, 0.29) is 17.9 Å². The van der Waals surface area contributed by atoms with Crippen LogP contribution in [0.25, 0.3) is 0 Å². The van der Waals surface area contributed by atoms with Crippen LogP contribution in [0.3, 0.4) is 0 Å². The van der Waals surface area contributed by atoms with Crippen molar-refractivity contribution in [3.8, 4) is 17.7 Å². The van der Waals surface area contributed by atoms with Crippen LogP contribution in [0.2, 0.25) is 0 Å². The summed E-state index contributed by atoms with van der Waals surface area (Å²) < 4.78 is 43.1. The van der Waals surface area contributed by atoms with Gasteiger partial charge in [0, 0.05) is 0 Å². The van der Waals surface area contributed by atoms with Crippen molar-refractivity contribution in [3.63, 3.8) is 0 Å². The van der Waals surface area contributed by atoms with Gasteiger partial charge in [-0.05, 0) is 29.8 Å². The summed E-state index contributed by atoms with van der Waals surface area (Å²) in [5.74, 6) is -0.243. The van der Waals surface area contributed by atoms with E-state index in [4.69, 9.17) is 15.1 Å². The molecule has 0 amide bonds. The Kier molecular flexibility index (Phi) is 4.10. The zero-order valence-corrected chi connectivity index (χ0v) is 10.6. The summed E-state index contributed by atoms with van der Waals surface area (Å²) in [5, 5.41) is 17.9. The van der Waals surface area contributed by atoms with Gasteiger partial charge in [0.05, 0.1) is 6.61 Å². The molecule has 1 heterocycles. The second-order valence-corrected chi connectivity index (χ2v) is 4.07. The molecule has 108 valence electrons. The minimum absolute atomic E-state index is 0.114. The largest absolute Gasteiger partial charge is 0.438 e. The van der Waals surface area contributed by atoms with Crippen LogP contribution in [0, 0.1) is 11.3 Å². The molecule has 4 nitrogen and oxygen atoms in total. The van der Waals surface area contributed by atoms with Gasteiger partial charge in [0.2, 0.25) is 5.88 Å². The average Bonchev–Trinajstić information content (AvgIpc) is 2.46. The number of pyridine rings is 1. The molecule has 0 spiro atoms. The highest BCUT2D eigenvalue weighted by molar-refractivity contribution is 5.42. The van der Waals surface area contributed by atoms with E-state index < -0.39 is 17.8 Å². The molecule has 0 saturated carbocycles. The topological polar surface area (TPSA) is 66.1 Å². The van der Waals surface area contributed by atoms with E-state index in [1.54, 1.807) is 18.2 Å². The van der Waals surface area contributed by atoms with Crippen LogP contribution in [0.4, 0.5) is 13.2 Å². The van der Waals surface area contributed by atoms with Crippen LogP contribution in [-0.4, -0.2) is 10.1 Å². The first-order valence-corrected chi connectivity index (χ1v) is 5.80. The maximum Gasteiger partial charge on any atom is 0.433 e. The van der Waals surface area contributed by atoms with Gasteiger partial charge in [-0.1, -0.05) is 12.1 Å². The molecule has 0 atom stereocenters. The van der Waals surface area contributed by atoms with Crippen molar-refractivity contribution in [2.45, 2.75) is 12.8 Å². The normalized spacial score (nSPS) is 11.0. The van der Waals surface area contributed by atoms with Crippen LogP contribution in [0.15, 0.2) is 36.4 Å². The number of rotatable bonds is 3. The van der Waals surface area contributed by atoms with E-state index in [1.807, 2.05) is 0 Å². The van der Waals surface area contributed by atoms with Gasteiger partial charge < -0.3 is 9.84 Å². The van der Waals surface area contributed by atoms with Crippen LogP contribution in [0.5, 0.6) is 11.6 Å². The predicted molar refractivity (Wildman–Crippen MR) is 66.4 cm³/mol. The average molecular weight is 294 g/mol. The molecular weight excluding hydrogens is 285 g/mol.